The van der Waals surface area contributed by atoms with Gasteiger partial charge in [-0.2, -0.15) is 5.90 Å². The molecule has 0 unspecified atom stereocenters. The lowest BCUT2D eigenvalue weighted by Gasteiger charge is -2.19. The fourth-order valence-electron chi connectivity index (χ4n) is 1.35. The van der Waals surface area contributed by atoms with Gasteiger partial charge in [-0.05, 0) is 12.3 Å². The SMILES string of the molecule is CCCCCC(=O)N[C@H](C(=O)ON)C(C)C. The summed E-state index contributed by atoms with van der Waals surface area (Å²) in [6.45, 7) is 5.72. The quantitative estimate of drug-likeness (QED) is 0.507. The van der Waals surface area contributed by atoms with Crippen LogP contribution >= 0.6 is 0 Å². The van der Waals surface area contributed by atoms with E-state index in [0.717, 1.165) is 19.3 Å². The van der Waals surface area contributed by atoms with Crippen molar-refractivity contribution in [3.8, 4) is 0 Å². The Morgan fingerprint density at radius 2 is 1.94 bits per heavy atom. The van der Waals surface area contributed by atoms with Crippen LogP contribution in [0.4, 0.5) is 0 Å². The first-order valence-corrected chi connectivity index (χ1v) is 5.72. The Kier molecular flexibility index (Phi) is 7.54. The van der Waals surface area contributed by atoms with Gasteiger partial charge in [0.2, 0.25) is 5.91 Å². The lowest BCUT2D eigenvalue weighted by Crippen LogP contribution is -2.46. The second-order valence-corrected chi connectivity index (χ2v) is 4.18. The number of carbonyl (C=O) groups is 2. The standard InChI is InChI=1S/C11H22N2O3/c1-4-5-6-7-9(14)13-10(8(2)3)11(15)16-12/h8,10H,4-7,12H2,1-3H3,(H,13,14)/t10-/m0/s1. The van der Waals surface area contributed by atoms with Crippen LogP contribution in [-0.2, 0) is 14.4 Å². The van der Waals surface area contributed by atoms with Crippen LogP contribution in [0.1, 0.15) is 46.5 Å². The highest BCUT2D eigenvalue weighted by molar-refractivity contribution is 5.84. The summed E-state index contributed by atoms with van der Waals surface area (Å²) >= 11 is 0. The normalized spacial score (nSPS) is 12.3. The van der Waals surface area contributed by atoms with Gasteiger partial charge >= 0.3 is 5.97 Å². The third-order valence-corrected chi connectivity index (χ3v) is 2.36. The maximum absolute atomic E-state index is 11.5. The van der Waals surface area contributed by atoms with Crippen molar-refractivity contribution in [1.82, 2.24) is 5.32 Å². The molecule has 3 N–H and O–H groups in total. The molecule has 1 amide bonds. The van der Waals surface area contributed by atoms with E-state index >= 15 is 0 Å². The first-order valence-electron chi connectivity index (χ1n) is 5.72. The molecule has 0 aromatic carbocycles. The summed E-state index contributed by atoms with van der Waals surface area (Å²) in [7, 11) is 0. The molecule has 0 aliphatic carbocycles. The number of amides is 1. The van der Waals surface area contributed by atoms with Crippen LogP contribution < -0.4 is 11.2 Å². The van der Waals surface area contributed by atoms with E-state index in [2.05, 4.69) is 17.1 Å². The number of nitrogens with two attached hydrogens (primary N) is 1. The molecule has 94 valence electrons. The van der Waals surface area contributed by atoms with Crippen LogP contribution in [0.25, 0.3) is 0 Å². The van der Waals surface area contributed by atoms with Crippen LogP contribution in [-0.4, -0.2) is 17.9 Å². The summed E-state index contributed by atoms with van der Waals surface area (Å²) < 4.78 is 0. The van der Waals surface area contributed by atoms with Gasteiger partial charge in [0.05, 0.1) is 0 Å². The van der Waals surface area contributed by atoms with Gasteiger partial charge in [0.15, 0.2) is 0 Å². The van der Waals surface area contributed by atoms with Crippen molar-refractivity contribution in [3.63, 3.8) is 0 Å². The molecule has 0 spiro atoms. The maximum atomic E-state index is 11.5. The Hall–Kier alpha value is -1.10. The summed E-state index contributed by atoms with van der Waals surface area (Å²) in [5, 5.41) is 2.63. The first kappa shape index (κ1) is 14.9. The minimum absolute atomic E-state index is 0.0359. The fourth-order valence-corrected chi connectivity index (χ4v) is 1.35. The lowest BCUT2D eigenvalue weighted by atomic mass is 10.0. The number of unbranched alkanes of at least 4 members (excludes halogenated alkanes) is 2. The zero-order valence-electron chi connectivity index (χ0n) is 10.3. The average molecular weight is 230 g/mol. The number of nitrogens with one attached hydrogen (secondary N) is 1. The minimum Gasteiger partial charge on any atom is -0.372 e. The molecule has 0 saturated heterocycles. The van der Waals surface area contributed by atoms with Gasteiger partial charge in [-0.25, -0.2) is 4.79 Å². The molecular weight excluding hydrogens is 208 g/mol. The Bertz CT molecular complexity index is 229. The molecule has 0 aromatic rings. The van der Waals surface area contributed by atoms with Gasteiger partial charge in [-0.3, -0.25) is 4.79 Å². The Labute approximate surface area is 96.7 Å². The Morgan fingerprint density at radius 1 is 1.31 bits per heavy atom. The van der Waals surface area contributed by atoms with E-state index in [4.69, 9.17) is 5.90 Å². The zero-order chi connectivity index (χ0) is 12.6. The van der Waals surface area contributed by atoms with Gasteiger partial charge in [0, 0.05) is 6.42 Å². The molecule has 0 aliphatic rings. The number of hydrogen-bond donors (Lipinski definition) is 2. The second-order valence-electron chi connectivity index (χ2n) is 4.18. The van der Waals surface area contributed by atoms with Crippen LogP contribution in [0.5, 0.6) is 0 Å². The van der Waals surface area contributed by atoms with E-state index in [-0.39, 0.29) is 11.8 Å². The lowest BCUT2D eigenvalue weighted by molar-refractivity contribution is -0.149. The molecule has 0 radical (unpaired) electrons. The van der Waals surface area contributed by atoms with E-state index in [9.17, 15) is 9.59 Å². The van der Waals surface area contributed by atoms with E-state index in [1.54, 1.807) is 0 Å². The molecule has 0 fully saturated rings. The van der Waals surface area contributed by atoms with Crippen LogP contribution in [0.3, 0.4) is 0 Å². The molecular formula is C11H22N2O3. The summed E-state index contributed by atoms with van der Waals surface area (Å²) in [5.41, 5.74) is 0. The van der Waals surface area contributed by atoms with Gasteiger partial charge in [-0.1, -0.05) is 33.6 Å². The predicted molar refractivity (Wildman–Crippen MR) is 61.2 cm³/mol. The molecule has 0 aromatic heterocycles. The number of hydrogen-bond acceptors (Lipinski definition) is 4. The largest absolute Gasteiger partial charge is 0.372 e. The number of rotatable bonds is 7. The highest BCUT2D eigenvalue weighted by atomic mass is 16.7. The molecule has 0 rings (SSSR count). The molecule has 5 nitrogen and oxygen atoms in total. The van der Waals surface area contributed by atoms with Gasteiger partial charge in [-0.15, -0.1) is 0 Å². The van der Waals surface area contributed by atoms with Crippen molar-refractivity contribution >= 4 is 11.9 Å². The van der Waals surface area contributed by atoms with Crippen LogP contribution in [0, 0.1) is 5.92 Å². The topological polar surface area (TPSA) is 81.4 Å². The van der Waals surface area contributed by atoms with Crippen molar-refractivity contribution in [1.29, 1.82) is 0 Å². The van der Waals surface area contributed by atoms with E-state index in [0.29, 0.717) is 6.42 Å². The van der Waals surface area contributed by atoms with Crippen molar-refractivity contribution < 1.29 is 14.4 Å². The van der Waals surface area contributed by atoms with E-state index in [1.165, 1.54) is 0 Å². The molecule has 1 atom stereocenters. The molecule has 0 heterocycles. The minimum atomic E-state index is -0.654. The Balaban J connectivity index is 4.09. The molecule has 16 heavy (non-hydrogen) atoms. The Morgan fingerprint density at radius 3 is 2.38 bits per heavy atom. The van der Waals surface area contributed by atoms with Gasteiger partial charge < -0.3 is 10.2 Å². The summed E-state index contributed by atoms with van der Waals surface area (Å²) in [6, 6.07) is -0.654. The molecule has 5 heteroatoms. The summed E-state index contributed by atoms with van der Waals surface area (Å²) in [5.74, 6) is 4.05. The highest BCUT2D eigenvalue weighted by Crippen LogP contribution is 2.05. The fraction of sp³-hybridized carbons (Fsp3) is 0.818. The van der Waals surface area contributed by atoms with E-state index in [1.807, 2.05) is 13.8 Å². The molecule has 0 aliphatic heterocycles. The zero-order valence-corrected chi connectivity index (χ0v) is 10.3. The summed E-state index contributed by atoms with van der Waals surface area (Å²) in [6.07, 6.45) is 3.35. The first-order chi connectivity index (χ1) is 7.52. The third kappa shape index (κ3) is 5.70. The average Bonchev–Trinajstić information content (AvgIpc) is 2.25. The second kappa shape index (κ2) is 8.10. The molecule has 0 bridgehead atoms. The van der Waals surface area contributed by atoms with Crippen molar-refractivity contribution in [3.05, 3.63) is 0 Å². The smallest absolute Gasteiger partial charge is 0.347 e. The number of carbonyl (C=O) groups excluding carboxylic acids is 2. The highest BCUT2D eigenvalue weighted by Gasteiger charge is 2.24. The summed E-state index contributed by atoms with van der Waals surface area (Å²) in [4.78, 5) is 26.9. The molecule has 0 saturated carbocycles. The van der Waals surface area contributed by atoms with Gasteiger partial charge in [0.1, 0.15) is 6.04 Å². The van der Waals surface area contributed by atoms with Crippen molar-refractivity contribution in [2.45, 2.75) is 52.5 Å². The van der Waals surface area contributed by atoms with Crippen LogP contribution in [0.2, 0.25) is 0 Å². The van der Waals surface area contributed by atoms with Crippen LogP contribution in [0.15, 0.2) is 0 Å². The van der Waals surface area contributed by atoms with Gasteiger partial charge in [0.25, 0.3) is 0 Å². The third-order valence-electron chi connectivity index (χ3n) is 2.36. The van der Waals surface area contributed by atoms with Crippen molar-refractivity contribution in [2.24, 2.45) is 11.8 Å². The maximum Gasteiger partial charge on any atom is 0.347 e. The van der Waals surface area contributed by atoms with Crippen molar-refractivity contribution in [2.75, 3.05) is 0 Å². The van der Waals surface area contributed by atoms with E-state index < -0.39 is 12.0 Å². The predicted octanol–water partition coefficient (Wildman–Crippen LogP) is 1.12. The monoisotopic (exact) mass is 230 g/mol.